The van der Waals surface area contributed by atoms with Crippen LogP contribution in [0.25, 0.3) is 20.8 Å². The first kappa shape index (κ1) is 18.1. The van der Waals surface area contributed by atoms with Crippen LogP contribution >= 0.6 is 11.3 Å². The van der Waals surface area contributed by atoms with Crippen LogP contribution < -0.4 is 11.0 Å². The minimum Gasteiger partial charge on any atom is -0.326 e. The molecular formula is C21H18N4O2S. The van der Waals surface area contributed by atoms with Crippen LogP contribution in [-0.4, -0.2) is 20.9 Å². The van der Waals surface area contributed by atoms with Crippen LogP contribution in [0, 0.1) is 13.8 Å². The van der Waals surface area contributed by atoms with Gasteiger partial charge in [0.05, 0.1) is 16.6 Å². The Hall–Kier alpha value is -3.32. The van der Waals surface area contributed by atoms with Crippen LogP contribution in [0.1, 0.15) is 17.0 Å². The number of aryl methyl sites for hydroxylation is 2. The van der Waals surface area contributed by atoms with Gasteiger partial charge in [-0.3, -0.25) is 4.79 Å². The summed E-state index contributed by atoms with van der Waals surface area (Å²) in [5.74, 6) is -0.165. The third-order valence-corrected chi connectivity index (χ3v) is 5.56. The largest absolute Gasteiger partial charge is 0.345 e. The van der Waals surface area contributed by atoms with E-state index in [-0.39, 0.29) is 12.3 Å². The van der Waals surface area contributed by atoms with E-state index in [9.17, 15) is 9.59 Å². The van der Waals surface area contributed by atoms with E-state index in [0.29, 0.717) is 17.1 Å². The highest BCUT2D eigenvalue weighted by Crippen LogP contribution is 2.31. The average Bonchev–Trinajstić information content (AvgIpc) is 3.09. The normalized spacial score (nSPS) is 10.9. The van der Waals surface area contributed by atoms with E-state index in [2.05, 4.69) is 20.3 Å². The third kappa shape index (κ3) is 3.70. The van der Waals surface area contributed by atoms with Crippen LogP contribution in [0.2, 0.25) is 0 Å². The monoisotopic (exact) mass is 390 g/mol. The van der Waals surface area contributed by atoms with Gasteiger partial charge < -0.3 is 10.3 Å². The lowest BCUT2D eigenvalue weighted by Crippen LogP contribution is -2.21. The van der Waals surface area contributed by atoms with Crippen LogP contribution in [-0.2, 0) is 11.2 Å². The molecule has 0 spiro atoms. The number of fused-ring (bicyclic) bond motifs is 1. The maximum Gasteiger partial charge on any atom is 0.345 e. The zero-order valence-corrected chi connectivity index (χ0v) is 16.3. The first-order chi connectivity index (χ1) is 13.5. The molecule has 140 valence electrons. The summed E-state index contributed by atoms with van der Waals surface area (Å²) in [7, 11) is 0. The molecule has 0 saturated carbocycles. The number of hydrogen-bond donors (Lipinski definition) is 2. The molecule has 2 aromatic carbocycles. The molecular weight excluding hydrogens is 372 g/mol. The Balaban J connectivity index is 1.55. The van der Waals surface area contributed by atoms with Crippen molar-refractivity contribution in [3.8, 4) is 10.6 Å². The highest BCUT2D eigenvalue weighted by atomic mass is 32.1. The van der Waals surface area contributed by atoms with Gasteiger partial charge in [-0.1, -0.05) is 24.3 Å². The summed E-state index contributed by atoms with van der Waals surface area (Å²) in [5.41, 5.74) is 4.19. The number of hydrogen-bond acceptors (Lipinski definition) is 5. The van der Waals surface area contributed by atoms with Gasteiger partial charge in [-0.05, 0) is 38.1 Å². The van der Waals surface area contributed by atoms with E-state index in [1.165, 1.54) is 0 Å². The molecule has 28 heavy (non-hydrogen) atoms. The van der Waals surface area contributed by atoms with E-state index in [0.717, 1.165) is 26.4 Å². The van der Waals surface area contributed by atoms with Crippen LogP contribution in [0.5, 0.6) is 0 Å². The van der Waals surface area contributed by atoms with Crippen molar-refractivity contribution in [1.82, 2.24) is 15.0 Å². The number of aromatic amines is 1. The molecule has 1 amide bonds. The van der Waals surface area contributed by atoms with E-state index >= 15 is 0 Å². The molecule has 2 aromatic heterocycles. The molecule has 2 N–H and O–H groups in total. The van der Waals surface area contributed by atoms with Crippen molar-refractivity contribution in [3.05, 3.63) is 76.0 Å². The number of nitrogens with zero attached hydrogens (tertiary/aromatic N) is 2. The number of anilines is 1. The van der Waals surface area contributed by atoms with Crippen molar-refractivity contribution in [3.63, 3.8) is 0 Å². The quantitative estimate of drug-likeness (QED) is 0.554. The van der Waals surface area contributed by atoms with Gasteiger partial charge in [0.2, 0.25) is 5.91 Å². The number of rotatable bonds is 4. The molecule has 0 unspecified atom stereocenters. The molecule has 0 aliphatic rings. The van der Waals surface area contributed by atoms with Gasteiger partial charge >= 0.3 is 5.69 Å². The molecule has 7 heteroatoms. The Bertz CT molecular complexity index is 1180. The van der Waals surface area contributed by atoms with E-state index in [1.807, 2.05) is 48.5 Å². The van der Waals surface area contributed by atoms with Gasteiger partial charge in [0, 0.05) is 28.2 Å². The van der Waals surface area contributed by atoms with Crippen molar-refractivity contribution in [2.24, 2.45) is 0 Å². The molecule has 4 aromatic rings. The number of amides is 1. The predicted octanol–water partition coefficient (Wildman–Crippen LogP) is 3.84. The molecule has 0 saturated heterocycles. The molecule has 0 atom stereocenters. The summed E-state index contributed by atoms with van der Waals surface area (Å²) in [5, 5.41) is 3.83. The number of thiazole rings is 1. The van der Waals surface area contributed by atoms with Crippen LogP contribution in [0.3, 0.4) is 0 Å². The van der Waals surface area contributed by atoms with Crippen molar-refractivity contribution in [2.45, 2.75) is 20.3 Å². The van der Waals surface area contributed by atoms with Crippen LogP contribution in [0.4, 0.5) is 5.69 Å². The molecule has 6 nitrogen and oxygen atoms in total. The lowest BCUT2D eigenvalue weighted by molar-refractivity contribution is -0.115. The fraction of sp³-hybridized carbons (Fsp3) is 0.143. The van der Waals surface area contributed by atoms with Gasteiger partial charge in [0.15, 0.2) is 0 Å². The van der Waals surface area contributed by atoms with Gasteiger partial charge in [-0.2, -0.15) is 4.98 Å². The zero-order chi connectivity index (χ0) is 19.7. The molecule has 0 fully saturated rings. The maximum atomic E-state index is 12.5. The fourth-order valence-corrected chi connectivity index (χ4v) is 4.07. The van der Waals surface area contributed by atoms with Crippen molar-refractivity contribution in [1.29, 1.82) is 0 Å². The summed E-state index contributed by atoms with van der Waals surface area (Å²) < 4.78 is 1.13. The summed E-state index contributed by atoms with van der Waals surface area (Å²) >= 11 is 1.62. The zero-order valence-electron chi connectivity index (χ0n) is 15.4. The van der Waals surface area contributed by atoms with E-state index in [1.54, 1.807) is 25.2 Å². The predicted molar refractivity (Wildman–Crippen MR) is 112 cm³/mol. The van der Waals surface area contributed by atoms with E-state index in [4.69, 9.17) is 0 Å². The summed E-state index contributed by atoms with van der Waals surface area (Å²) in [6, 6.07) is 15.6. The number of carbonyl (C=O) groups is 1. The number of aromatic nitrogens is 3. The van der Waals surface area contributed by atoms with E-state index < -0.39 is 5.69 Å². The SMILES string of the molecule is Cc1nc(=O)[nH]c(C)c1CC(=O)Nc1cccc(-c2nc3ccccc3s2)c1. The smallest absolute Gasteiger partial charge is 0.326 e. The summed E-state index contributed by atoms with van der Waals surface area (Å²) in [6.07, 6.45) is 0.146. The Morgan fingerprint density at radius 2 is 1.93 bits per heavy atom. The highest BCUT2D eigenvalue weighted by molar-refractivity contribution is 7.21. The van der Waals surface area contributed by atoms with Gasteiger partial charge in [-0.25, -0.2) is 9.78 Å². The topological polar surface area (TPSA) is 87.7 Å². The fourth-order valence-electron chi connectivity index (χ4n) is 3.11. The summed E-state index contributed by atoms with van der Waals surface area (Å²) in [4.78, 5) is 35.1. The molecule has 0 bridgehead atoms. The minimum atomic E-state index is -0.400. The Morgan fingerprint density at radius 1 is 1.11 bits per heavy atom. The van der Waals surface area contributed by atoms with Gasteiger partial charge in [0.1, 0.15) is 5.01 Å². The maximum absolute atomic E-state index is 12.5. The minimum absolute atomic E-state index is 0.146. The highest BCUT2D eigenvalue weighted by Gasteiger charge is 2.12. The molecule has 0 aliphatic heterocycles. The molecule has 4 rings (SSSR count). The second-order valence-corrected chi connectivity index (χ2v) is 7.55. The molecule has 2 heterocycles. The van der Waals surface area contributed by atoms with Gasteiger partial charge in [0.25, 0.3) is 0 Å². The van der Waals surface area contributed by atoms with Gasteiger partial charge in [-0.15, -0.1) is 11.3 Å². The molecule has 0 aliphatic carbocycles. The summed E-state index contributed by atoms with van der Waals surface area (Å²) in [6.45, 7) is 3.51. The second-order valence-electron chi connectivity index (χ2n) is 6.52. The lowest BCUT2D eigenvalue weighted by Gasteiger charge is -2.10. The number of H-pyrrole nitrogens is 1. The van der Waals surface area contributed by atoms with Crippen molar-refractivity contribution >= 4 is 33.1 Å². The Kier molecular flexibility index (Phi) is 4.75. The van der Waals surface area contributed by atoms with Crippen molar-refractivity contribution < 1.29 is 4.79 Å². The number of carbonyl (C=O) groups excluding carboxylic acids is 1. The van der Waals surface area contributed by atoms with Crippen LogP contribution in [0.15, 0.2) is 53.3 Å². The molecule has 0 radical (unpaired) electrons. The lowest BCUT2D eigenvalue weighted by atomic mass is 10.1. The number of benzene rings is 2. The Morgan fingerprint density at radius 3 is 2.71 bits per heavy atom. The standard InChI is InChI=1S/C21H18N4O2S/c1-12-16(13(2)23-21(27)22-12)11-19(26)24-15-7-5-6-14(10-15)20-25-17-8-3-4-9-18(17)28-20/h3-10H,11H2,1-2H3,(H,24,26)(H,22,23,27). The first-order valence-corrected chi connectivity index (χ1v) is 9.63. The second kappa shape index (κ2) is 7.36. The number of para-hydroxylation sites is 1. The third-order valence-electron chi connectivity index (χ3n) is 4.48. The average molecular weight is 390 g/mol. The Labute approximate surface area is 165 Å². The first-order valence-electron chi connectivity index (χ1n) is 8.82. The number of nitrogens with one attached hydrogen (secondary N) is 2. The van der Waals surface area contributed by atoms with Crippen molar-refractivity contribution in [2.75, 3.05) is 5.32 Å².